The van der Waals surface area contributed by atoms with Gasteiger partial charge in [-0.2, -0.15) is 0 Å². The van der Waals surface area contributed by atoms with E-state index in [0.29, 0.717) is 11.0 Å². The number of carbonyl (C=O) groups is 4. The first-order valence-electron chi connectivity index (χ1n) is 7.12. The van der Waals surface area contributed by atoms with Crippen LogP contribution in [0.2, 0.25) is 0 Å². The van der Waals surface area contributed by atoms with E-state index < -0.39 is 36.5 Å². The highest BCUT2D eigenvalue weighted by Gasteiger charge is 2.24. The topological polar surface area (TPSA) is 158 Å². The molecule has 2 atom stereocenters. The molecule has 0 heterocycles. The van der Waals surface area contributed by atoms with Crippen LogP contribution in [-0.2, 0) is 23.9 Å². The van der Waals surface area contributed by atoms with Crippen LogP contribution in [-0.4, -0.2) is 88.7 Å². The number of aliphatic hydroxyl groups excluding tert-OH is 1. The second kappa shape index (κ2) is 11.4. The van der Waals surface area contributed by atoms with Crippen molar-refractivity contribution in [1.29, 1.82) is 0 Å². The molecule has 0 aliphatic rings. The summed E-state index contributed by atoms with van der Waals surface area (Å²) in [6, 6.07) is 0. The third-order valence-electron chi connectivity index (χ3n) is 2.39. The maximum atomic E-state index is 11.1. The molecule has 0 saturated heterocycles. The first-order valence-corrected chi connectivity index (χ1v) is 7.12. The van der Waals surface area contributed by atoms with Crippen molar-refractivity contribution in [2.24, 2.45) is 0 Å². The van der Waals surface area contributed by atoms with Crippen molar-refractivity contribution in [2.75, 3.05) is 27.7 Å². The van der Waals surface area contributed by atoms with Crippen LogP contribution in [0, 0.1) is 0 Å². The van der Waals surface area contributed by atoms with E-state index in [9.17, 15) is 19.2 Å². The zero-order valence-electron chi connectivity index (χ0n) is 14.3. The van der Waals surface area contributed by atoms with Crippen LogP contribution in [0.15, 0.2) is 0 Å². The number of aliphatic hydroxyl groups is 1. The van der Waals surface area contributed by atoms with Gasteiger partial charge in [-0.05, 0) is 0 Å². The summed E-state index contributed by atoms with van der Waals surface area (Å²) in [4.78, 5) is 41.0. The molecule has 0 spiro atoms. The van der Waals surface area contributed by atoms with E-state index >= 15 is 0 Å². The molecule has 0 fully saturated rings. The molecule has 10 heteroatoms. The van der Waals surface area contributed by atoms with Gasteiger partial charge in [0.25, 0.3) is 0 Å². The molecule has 0 amide bonds. The Balaban J connectivity index is 0. The Bertz CT molecular complexity index is 442. The average molecular weight is 352 g/mol. The van der Waals surface area contributed by atoms with Crippen LogP contribution in [0.25, 0.3) is 0 Å². The second-order valence-electron chi connectivity index (χ2n) is 5.99. The standard InChI is InChI=1S/C10H19NO4.C4H6O5/c1-5-10(14)15-8(6-9(12)13)7-11(2,3)4;5-2(4(8)9)1-3(6)7/h8H,5-7H2,1-4H3;2,5H,1H2,(H,6,7)(H,8,9)/p+1. The number of hydrogen-bond donors (Lipinski definition) is 4. The van der Waals surface area contributed by atoms with Gasteiger partial charge < -0.3 is 29.6 Å². The Hall–Kier alpha value is -2.20. The summed E-state index contributed by atoms with van der Waals surface area (Å²) < 4.78 is 5.62. The number of nitrogens with zero attached hydrogens (tertiary/aromatic N) is 1. The lowest BCUT2D eigenvalue weighted by Gasteiger charge is -2.28. The van der Waals surface area contributed by atoms with Crippen LogP contribution < -0.4 is 0 Å². The summed E-state index contributed by atoms with van der Waals surface area (Å²) in [5.41, 5.74) is 0. The van der Waals surface area contributed by atoms with E-state index in [-0.39, 0.29) is 18.8 Å². The molecule has 0 saturated carbocycles. The number of hydrogen-bond acceptors (Lipinski definition) is 6. The molecule has 140 valence electrons. The van der Waals surface area contributed by atoms with Crippen LogP contribution in [0.1, 0.15) is 26.2 Å². The summed E-state index contributed by atoms with van der Waals surface area (Å²) in [6.07, 6.45) is -2.96. The number of carboxylic acids is 3. The highest BCUT2D eigenvalue weighted by Crippen LogP contribution is 2.06. The number of carboxylic acid groups (broad SMARTS) is 3. The van der Waals surface area contributed by atoms with Gasteiger partial charge in [-0.1, -0.05) is 6.92 Å². The fourth-order valence-corrected chi connectivity index (χ4v) is 1.47. The summed E-state index contributed by atoms with van der Waals surface area (Å²) >= 11 is 0. The fourth-order valence-electron chi connectivity index (χ4n) is 1.47. The predicted molar refractivity (Wildman–Crippen MR) is 81.2 cm³/mol. The lowest BCUT2D eigenvalue weighted by Crippen LogP contribution is -2.43. The van der Waals surface area contributed by atoms with Gasteiger partial charge in [-0.15, -0.1) is 0 Å². The molecule has 0 radical (unpaired) electrons. The molecular weight excluding hydrogens is 326 g/mol. The number of rotatable bonds is 9. The second-order valence-corrected chi connectivity index (χ2v) is 5.99. The molecule has 0 aromatic carbocycles. The van der Waals surface area contributed by atoms with Gasteiger partial charge in [0.1, 0.15) is 6.54 Å². The lowest BCUT2D eigenvalue weighted by atomic mass is 10.2. The predicted octanol–water partition coefficient (Wildman–Crippen LogP) is -0.604. The first kappa shape index (κ1) is 24.1. The van der Waals surface area contributed by atoms with Crippen molar-refractivity contribution in [3.05, 3.63) is 0 Å². The highest BCUT2D eigenvalue weighted by molar-refractivity contribution is 5.79. The number of quaternary nitrogens is 1. The van der Waals surface area contributed by atoms with E-state index in [1.54, 1.807) is 6.92 Å². The number of carbonyl (C=O) groups excluding carboxylic acids is 1. The normalized spacial score (nSPS) is 13.0. The molecule has 0 bridgehead atoms. The third-order valence-corrected chi connectivity index (χ3v) is 2.39. The van der Waals surface area contributed by atoms with Crippen LogP contribution in [0.5, 0.6) is 0 Å². The number of likely N-dealkylation sites (N-methyl/N-ethyl adjacent to an activating group) is 1. The quantitative estimate of drug-likeness (QED) is 0.314. The summed E-state index contributed by atoms with van der Waals surface area (Å²) in [7, 11) is 5.78. The van der Waals surface area contributed by atoms with Crippen LogP contribution in [0.4, 0.5) is 0 Å². The Morgan fingerprint density at radius 1 is 0.958 bits per heavy atom. The largest absolute Gasteiger partial charge is 0.481 e. The SMILES string of the molecule is CCC(=O)OC(CC(=O)O)C[N+](C)(C)C.O=C(O)CC(O)C(=O)O. The number of esters is 1. The zero-order chi connectivity index (χ0) is 19.5. The maximum absolute atomic E-state index is 11.1. The molecule has 10 nitrogen and oxygen atoms in total. The van der Waals surface area contributed by atoms with Gasteiger partial charge in [0.15, 0.2) is 12.2 Å². The molecule has 0 rings (SSSR count). The summed E-state index contributed by atoms with van der Waals surface area (Å²) in [5.74, 6) is -4.14. The molecule has 0 aromatic rings. The molecule has 2 unspecified atom stereocenters. The van der Waals surface area contributed by atoms with Gasteiger partial charge in [0, 0.05) is 6.42 Å². The van der Waals surface area contributed by atoms with Gasteiger partial charge in [-0.25, -0.2) is 4.79 Å². The summed E-state index contributed by atoms with van der Waals surface area (Å²) in [5, 5.41) is 32.8. The van der Waals surface area contributed by atoms with Crippen molar-refractivity contribution in [1.82, 2.24) is 0 Å². The maximum Gasteiger partial charge on any atom is 0.333 e. The molecule has 0 aromatic heterocycles. The smallest absolute Gasteiger partial charge is 0.333 e. The minimum Gasteiger partial charge on any atom is -0.481 e. The van der Waals surface area contributed by atoms with E-state index in [2.05, 4.69) is 0 Å². The molecule has 0 aliphatic carbocycles. The van der Waals surface area contributed by atoms with Crippen molar-refractivity contribution >= 4 is 23.9 Å². The Morgan fingerprint density at radius 3 is 1.67 bits per heavy atom. The van der Waals surface area contributed by atoms with Crippen molar-refractivity contribution in [2.45, 2.75) is 38.4 Å². The van der Waals surface area contributed by atoms with E-state index in [4.69, 9.17) is 25.2 Å². The Kier molecular flexibility index (Phi) is 11.4. The number of aliphatic carboxylic acids is 3. The number of ether oxygens (including phenoxy) is 1. The molecular formula is C14H26NO9+. The molecule has 4 N–H and O–H groups in total. The monoisotopic (exact) mass is 352 g/mol. The fraction of sp³-hybridized carbons (Fsp3) is 0.714. The van der Waals surface area contributed by atoms with E-state index in [1.165, 1.54) is 0 Å². The highest BCUT2D eigenvalue weighted by atomic mass is 16.5. The van der Waals surface area contributed by atoms with Crippen molar-refractivity contribution in [3.63, 3.8) is 0 Å². The Morgan fingerprint density at radius 2 is 1.42 bits per heavy atom. The van der Waals surface area contributed by atoms with Crippen molar-refractivity contribution in [3.8, 4) is 0 Å². The van der Waals surface area contributed by atoms with Gasteiger partial charge >= 0.3 is 23.9 Å². The van der Waals surface area contributed by atoms with E-state index in [1.807, 2.05) is 21.1 Å². The minimum atomic E-state index is -1.79. The summed E-state index contributed by atoms with van der Waals surface area (Å²) in [6.45, 7) is 2.18. The zero-order valence-corrected chi connectivity index (χ0v) is 14.3. The van der Waals surface area contributed by atoms with Gasteiger partial charge in [-0.3, -0.25) is 14.4 Å². The Labute approximate surface area is 139 Å². The van der Waals surface area contributed by atoms with Crippen LogP contribution >= 0.6 is 0 Å². The van der Waals surface area contributed by atoms with E-state index in [0.717, 1.165) is 0 Å². The lowest BCUT2D eigenvalue weighted by molar-refractivity contribution is -0.873. The third kappa shape index (κ3) is 16.2. The van der Waals surface area contributed by atoms with Gasteiger partial charge in [0.2, 0.25) is 0 Å². The molecule has 24 heavy (non-hydrogen) atoms. The first-order chi connectivity index (χ1) is 10.8. The van der Waals surface area contributed by atoms with Crippen molar-refractivity contribution < 1.29 is 48.8 Å². The van der Waals surface area contributed by atoms with Crippen LogP contribution in [0.3, 0.4) is 0 Å². The van der Waals surface area contributed by atoms with Gasteiger partial charge in [0.05, 0.1) is 34.0 Å². The average Bonchev–Trinajstić information content (AvgIpc) is 2.35. The minimum absolute atomic E-state index is 0.138. The molecule has 0 aliphatic heterocycles.